The summed E-state index contributed by atoms with van der Waals surface area (Å²) in [5, 5.41) is 2.56. The molecule has 0 heterocycles. The van der Waals surface area contributed by atoms with Crippen LogP contribution in [-0.4, -0.2) is 0 Å². The summed E-state index contributed by atoms with van der Waals surface area (Å²) in [6.45, 7) is 4.22. The maximum Gasteiger partial charge on any atom is 0.0210 e. The van der Waals surface area contributed by atoms with Crippen molar-refractivity contribution in [1.29, 1.82) is 0 Å². The van der Waals surface area contributed by atoms with Gasteiger partial charge in [0.05, 0.1) is 0 Å². The number of halogens is 2. The molecule has 0 fully saturated rings. The minimum Gasteiger partial charge on any atom is -0.0505 e. The maximum atomic E-state index is 3.55. The lowest BCUT2D eigenvalue weighted by Crippen LogP contribution is -1.81. The first kappa shape index (κ1) is 10.2. The lowest BCUT2D eigenvalue weighted by Gasteiger charge is -2.05. The van der Waals surface area contributed by atoms with Crippen molar-refractivity contribution in [2.75, 3.05) is 0 Å². The third-order valence-corrected chi connectivity index (χ3v) is 4.10. The van der Waals surface area contributed by atoms with Gasteiger partial charge in [-0.05, 0) is 47.9 Å². The molecule has 72 valence electrons. The molecule has 0 aliphatic carbocycles. The predicted molar refractivity (Wildman–Crippen MR) is 68.8 cm³/mol. The molecule has 0 nitrogen and oxygen atoms in total. The molecule has 2 aromatic rings. The van der Waals surface area contributed by atoms with E-state index in [4.69, 9.17) is 0 Å². The van der Waals surface area contributed by atoms with E-state index in [-0.39, 0.29) is 0 Å². The van der Waals surface area contributed by atoms with Crippen molar-refractivity contribution < 1.29 is 0 Å². The minimum absolute atomic E-state index is 1.17. The van der Waals surface area contributed by atoms with Gasteiger partial charge in [0, 0.05) is 8.95 Å². The standard InChI is InChI=1S/C12H10Br2/c1-7-3-9-6-12(14)8(2)4-10(9)5-11(7)13/h3-6H,1-2H3. The summed E-state index contributed by atoms with van der Waals surface area (Å²) < 4.78 is 2.35. The fraction of sp³-hybridized carbons (Fsp3) is 0.167. The fourth-order valence-electron chi connectivity index (χ4n) is 1.52. The Labute approximate surface area is 101 Å². The number of fused-ring (bicyclic) bond motifs is 1. The van der Waals surface area contributed by atoms with E-state index >= 15 is 0 Å². The average molecular weight is 314 g/mol. The molecule has 0 aliphatic heterocycles. The van der Waals surface area contributed by atoms with Crippen LogP contribution in [-0.2, 0) is 0 Å². The van der Waals surface area contributed by atoms with Gasteiger partial charge in [-0.15, -0.1) is 0 Å². The Balaban J connectivity index is 2.83. The molecule has 0 aliphatic rings. The van der Waals surface area contributed by atoms with E-state index in [1.54, 1.807) is 0 Å². The summed E-state index contributed by atoms with van der Waals surface area (Å²) in [6, 6.07) is 8.74. The Hall–Kier alpha value is -0.340. The molecule has 0 unspecified atom stereocenters. The van der Waals surface area contributed by atoms with Crippen molar-refractivity contribution in [3.63, 3.8) is 0 Å². The molecule has 0 atom stereocenters. The van der Waals surface area contributed by atoms with Gasteiger partial charge in [-0.2, -0.15) is 0 Å². The summed E-state index contributed by atoms with van der Waals surface area (Å²) in [7, 11) is 0. The summed E-state index contributed by atoms with van der Waals surface area (Å²) in [6.07, 6.45) is 0. The second kappa shape index (κ2) is 3.67. The smallest absolute Gasteiger partial charge is 0.0210 e. The van der Waals surface area contributed by atoms with Crippen molar-refractivity contribution in [1.82, 2.24) is 0 Å². The third-order valence-electron chi connectivity index (χ3n) is 2.40. The molecule has 2 rings (SSSR count). The van der Waals surface area contributed by atoms with E-state index < -0.39 is 0 Å². The van der Waals surface area contributed by atoms with Crippen LogP contribution >= 0.6 is 31.9 Å². The lowest BCUT2D eigenvalue weighted by molar-refractivity contribution is 1.43. The fourth-order valence-corrected chi connectivity index (χ4v) is 2.24. The van der Waals surface area contributed by atoms with E-state index in [1.807, 2.05) is 0 Å². The molecule has 0 spiro atoms. The topological polar surface area (TPSA) is 0 Å². The van der Waals surface area contributed by atoms with Crippen molar-refractivity contribution in [2.24, 2.45) is 0 Å². The Morgan fingerprint density at radius 1 is 0.714 bits per heavy atom. The minimum atomic E-state index is 1.17. The zero-order chi connectivity index (χ0) is 10.3. The van der Waals surface area contributed by atoms with Crippen LogP contribution in [0.5, 0.6) is 0 Å². The normalized spacial score (nSPS) is 10.9. The summed E-state index contributed by atoms with van der Waals surface area (Å²) in [5.74, 6) is 0. The Morgan fingerprint density at radius 3 is 1.43 bits per heavy atom. The summed E-state index contributed by atoms with van der Waals surface area (Å²) in [4.78, 5) is 0. The van der Waals surface area contributed by atoms with E-state index in [9.17, 15) is 0 Å². The number of aryl methyl sites for hydroxylation is 2. The molecule has 2 aromatic carbocycles. The van der Waals surface area contributed by atoms with E-state index in [1.165, 1.54) is 30.8 Å². The van der Waals surface area contributed by atoms with Crippen LogP contribution in [0.2, 0.25) is 0 Å². The van der Waals surface area contributed by atoms with Crippen molar-refractivity contribution in [3.05, 3.63) is 44.3 Å². The lowest BCUT2D eigenvalue weighted by atomic mass is 10.1. The van der Waals surface area contributed by atoms with Crippen LogP contribution < -0.4 is 0 Å². The summed E-state index contributed by atoms with van der Waals surface area (Å²) >= 11 is 7.10. The van der Waals surface area contributed by atoms with Crippen LogP contribution in [0.4, 0.5) is 0 Å². The maximum absolute atomic E-state index is 3.55. The van der Waals surface area contributed by atoms with Gasteiger partial charge in [0.2, 0.25) is 0 Å². The molecule has 2 heteroatoms. The van der Waals surface area contributed by atoms with Crippen LogP contribution in [0.3, 0.4) is 0 Å². The SMILES string of the molecule is Cc1cc2cc(Br)c(C)cc2cc1Br. The number of benzene rings is 2. The van der Waals surface area contributed by atoms with Gasteiger partial charge in [0.1, 0.15) is 0 Å². The first-order valence-electron chi connectivity index (χ1n) is 4.44. The van der Waals surface area contributed by atoms with Crippen LogP contribution in [0.25, 0.3) is 10.8 Å². The first-order valence-corrected chi connectivity index (χ1v) is 6.02. The highest BCUT2D eigenvalue weighted by atomic mass is 79.9. The Kier molecular flexibility index (Phi) is 2.67. The van der Waals surface area contributed by atoms with Crippen molar-refractivity contribution in [2.45, 2.75) is 13.8 Å². The number of rotatable bonds is 0. The molecule has 0 amide bonds. The molecule has 0 aromatic heterocycles. The zero-order valence-corrected chi connectivity index (χ0v) is 11.2. The zero-order valence-electron chi connectivity index (χ0n) is 8.07. The highest BCUT2D eigenvalue weighted by Gasteiger charge is 2.01. The van der Waals surface area contributed by atoms with Crippen LogP contribution in [0.1, 0.15) is 11.1 Å². The van der Waals surface area contributed by atoms with Gasteiger partial charge in [-0.3, -0.25) is 0 Å². The number of hydrogen-bond acceptors (Lipinski definition) is 0. The summed E-state index contributed by atoms with van der Waals surface area (Å²) in [5.41, 5.74) is 2.54. The van der Waals surface area contributed by atoms with E-state index in [0.29, 0.717) is 0 Å². The van der Waals surface area contributed by atoms with E-state index in [0.717, 1.165) is 0 Å². The van der Waals surface area contributed by atoms with Crippen LogP contribution in [0.15, 0.2) is 33.2 Å². The van der Waals surface area contributed by atoms with Crippen molar-refractivity contribution in [3.8, 4) is 0 Å². The second-order valence-corrected chi connectivity index (χ2v) is 5.26. The molecule has 0 saturated carbocycles. The number of hydrogen-bond donors (Lipinski definition) is 0. The van der Waals surface area contributed by atoms with Gasteiger partial charge in [-0.25, -0.2) is 0 Å². The average Bonchev–Trinajstić information content (AvgIpc) is 2.11. The van der Waals surface area contributed by atoms with Crippen LogP contribution in [0, 0.1) is 13.8 Å². The molecular weight excluding hydrogens is 304 g/mol. The van der Waals surface area contributed by atoms with E-state index in [2.05, 4.69) is 70.0 Å². The molecule has 0 bridgehead atoms. The van der Waals surface area contributed by atoms with Crippen molar-refractivity contribution >= 4 is 42.6 Å². The second-order valence-electron chi connectivity index (χ2n) is 3.55. The Bertz CT molecular complexity index is 412. The largest absolute Gasteiger partial charge is 0.0505 e. The molecular formula is C12H10Br2. The third kappa shape index (κ3) is 1.73. The highest BCUT2D eigenvalue weighted by Crippen LogP contribution is 2.28. The molecule has 0 N–H and O–H groups in total. The highest BCUT2D eigenvalue weighted by molar-refractivity contribution is 9.10. The van der Waals surface area contributed by atoms with Gasteiger partial charge in [0.15, 0.2) is 0 Å². The van der Waals surface area contributed by atoms with Gasteiger partial charge >= 0.3 is 0 Å². The first-order chi connectivity index (χ1) is 6.58. The monoisotopic (exact) mass is 312 g/mol. The molecule has 0 saturated heterocycles. The Morgan fingerprint density at radius 2 is 1.07 bits per heavy atom. The van der Waals surface area contributed by atoms with Gasteiger partial charge in [-0.1, -0.05) is 44.0 Å². The van der Waals surface area contributed by atoms with Gasteiger partial charge in [0.25, 0.3) is 0 Å². The van der Waals surface area contributed by atoms with Gasteiger partial charge < -0.3 is 0 Å². The predicted octanol–water partition coefficient (Wildman–Crippen LogP) is 4.98. The molecule has 14 heavy (non-hydrogen) atoms. The molecule has 0 radical (unpaired) electrons. The quantitative estimate of drug-likeness (QED) is 0.643.